The Kier molecular flexibility index (Phi) is 62.4. The Morgan fingerprint density at radius 3 is 1.29 bits per heavy atom. The van der Waals surface area contributed by atoms with Crippen molar-refractivity contribution in [2.45, 2.75) is 0 Å². The second-order valence-electron chi connectivity index (χ2n) is 0.283. The maximum Gasteiger partial charge on any atom is 0.503 e. The van der Waals surface area contributed by atoms with Gasteiger partial charge in [0.25, 0.3) is 0 Å². The van der Waals surface area contributed by atoms with E-state index in [9.17, 15) is 0 Å². The Hall–Kier alpha value is 0.256. The van der Waals surface area contributed by atoms with Gasteiger partial charge >= 0.3 is 6.16 Å². The van der Waals surface area contributed by atoms with Gasteiger partial charge in [-0.05, 0) is 0 Å². The predicted molar refractivity (Wildman–Crippen MR) is 24.2 cm³/mol. The molecule has 6 heteroatoms. The standard InChI is InChI=1S/CH2O3.Al.Ni.H2O.3H/c2-1(3)4;;;;;;/h(H2,2,3,4);;;1H2;;;. The van der Waals surface area contributed by atoms with Crippen molar-refractivity contribution in [1.29, 1.82) is 0 Å². The Bertz CT molecular complexity index is 34.7. The van der Waals surface area contributed by atoms with Crippen molar-refractivity contribution in [3.63, 3.8) is 0 Å². The smallest absolute Gasteiger partial charge is 0.450 e. The van der Waals surface area contributed by atoms with E-state index in [1.807, 2.05) is 0 Å². The second-order valence-corrected chi connectivity index (χ2v) is 0.283. The van der Waals surface area contributed by atoms with Crippen LogP contribution in [0.3, 0.4) is 0 Å². The average molecular weight is 169 g/mol. The van der Waals surface area contributed by atoms with Crippen LogP contribution < -0.4 is 0 Å². The van der Waals surface area contributed by atoms with E-state index in [0.29, 0.717) is 0 Å². The largest absolute Gasteiger partial charge is 0.503 e. The molecule has 4 nitrogen and oxygen atoms in total. The Morgan fingerprint density at radius 1 is 1.29 bits per heavy atom. The number of hydrogen-bond donors (Lipinski definition) is 2. The topological polar surface area (TPSA) is 89.0 Å². The van der Waals surface area contributed by atoms with Gasteiger partial charge in [0.05, 0.1) is 0 Å². The minimum Gasteiger partial charge on any atom is -0.450 e. The van der Waals surface area contributed by atoms with Crippen LogP contribution >= 0.6 is 0 Å². The minimum atomic E-state index is -1.83. The third-order valence-corrected chi connectivity index (χ3v) is 0. The molecule has 48 valence electrons. The molecule has 0 amide bonds. The van der Waals surface area contributed by atoms with Gasteiger partial charge in [-0.2, -0.15) is 0 Å². The van der Waals surface area contributed by atoms with E-state index in [1.54, 1.807) is 0 Å². The monoisotopic (exact) mass is 168 g/mol. The van der Waals surface area contributed by atoms with Crippen LogP contribution in [-0.4, -0.2) is 39.2 Å². The normalized spacial score (nSPS) is 3.43. The molecule has 4 N–H and O–H groups in total. The van der Waals surface area contributed by atoms with Crippen molar-refractivity contribution in [3.05, 3.63) is 0 Å². The van der Waals surface area contributed by atoms with Crippen LogP contribution in [0, 0.1) is 0 Å². The first-order chi connectivity index (χ1) is 1.73. The summed E-state index contributed by atoms with van der Waals surface area (Å²) in [5.74, 6) is 0. The van der Waals surface area contributed by atoms with E-state index >= 15 is 0 Å². The van der Waals surface area contributed by atoms with Crippen molar-refractivity contribution >= 4 is 23.5 Å². The van der Waals surface area contributed by atoms with E-state index in [2.05, 4.69) is 0 Å². The quantitative estimate of drug-likeness (QED) is 0.419. The van der Waals surface area contributed by atoms with E-state index < -0.39 is 6.16 Å². The summed E-state index contributed by atoms with van der Waals surface area (Å²) in [6.45, 7) is 0. The summed E-state index contributed by atoms with van der Waals surface area (Å²) >= 11 is 0. The molecule has 0 aliphatic rings. The van der Waals surface area contributed by atoms with Gasteiger partial charge in [-0.3, -0.25) is 0 Å². The fourth-order valence-corrected chi connectivity index (χ4v) is 0. The van der Waals surface area contributed by atoms with Gasteiger partial charge in [-0.15, -0.1) is 0 Å². The summed E-state index contributed by atoms with van der Waals surface area (Å²) in [7, 11) is 0. The van der Waals surface area contributed by atoms with Gasteiger partial charge < -0.3 is 15.7 Å². The van der Waals surface area contributed by atoms with Crippen molar-refractivity contribution in [1.82, 2.24) is 0 Å². The molecule has 0 fully saturated rings. The number of hydrogen-bond acceptors (Lipinski definition) is 1. The SMILES string of the molecule is O.O=C(O)O.[AlH3].[Ni]. The second kappa shape index (κ2) is 16.3. The van der Waals surface area contributed by atoms with Crippen LogP contribution in [0.2, 0.25) is 0 Å². The molecule has 0 saturated heterocycles. The summed E-state index contributed by atoms with van der Waals surface area (Å²) in [5.41, 5.74) is 0. The molecule has 7 heavy (non-hydrogen) atoms. The predicted octanol–water partition coefficient (Wildman–Crippen LogP) is -1.79. The van der Waals surface area contributed by atoms with Crippen molar-refractivity contribution in [3.8, 4) is 0 Å². The van der Waals surface area contributed by atoms with Gasteiger partial charge in [0.1, 0.15) is 0 Å². The first-order valence-corrected chi connectivity index (χ1v) is 0.651. The molecule has 0 heterocycles. The molecule has 0 spiro atoms. The molecule has 0 aromatic heterocycles. The zero-order chi connectivity index (χ0) is 3.58. The maximum absolute atomic E-state index is 8.56. The van der Waals surface area contributed by atoms with Crippen LogP contribution in [0.4, 0.5) is 4.79 Å². The van der Waals surface area contributed by atoms with Crippen LogP contribution in [0.25, 0.3) is 0 Å². The summed E-state index contributed by atoms with van der Waals surface area (Å²) in [5, 5.41) is 13.9. The van der Waals surface area contributed by atoms with E-state index in [1.165, 1.54) is 0 Å². The van der Waals surface area contributed by atoms with Crippen LogP contribution in [0.1, 0.15) is 0 Å². The molecule has 0 aromatic carbocycles. The minimum absolute atomic E-state index is 0. The molecular weight excluding hydrogens is 162 g/mol. The molecule has 0 atom stereocenters. The number of carboxylic acid groups (broad SMARTS) is 2. The van der Waals surface area contributed by atoms with Gasteiger partial charge in [-0.1, -0.05) is 0 Å². The molecule has 0 aliphatic heterocycles. The van der Waals surface area contributed by atoms with Gasteiger partial charge in [0.15, 0.2) is 17.4 Å². The zero-order valence-electron chi connectivity index (χ0n) is 2.62. The fraction of sp³-hybridized carbons (Fsp3) is 0. The number of carbonyl (C=O) groups is 1. The Balaban J connectivity index is -0.0000000150. The molecular formula is CH7AlNiO4. The van der Waals surface area contributed by atoms with Gasteiger partial charge in [-0.25, -0.2) is 4.79 Å². The van der Waals surface area contributed by atoms with Crippen LogP contribution in [-0.2, 0) is 16.5 Å². The molecule has 0 aliphatic carbocycles. The van der Waals surface area contributed by atoms with Gasteiger partial charge in [0.2, 0.25) is 0 Å². The number of rotatable bonds is 0. The van der Waals surface area contributed by atoms with Crippen molar-refractivity contribution in [2.75, 3.05) is 0 Å². The third-order valence-electron chi connectivity index (χ3n) is 0. The first-order valence-electron chi connectivity index (χ1n) is 0.651. The van der Waals surface area contributed by atoms with Crippen LogP contribution in [0.5, 0.6) is 0 Å². The average Bonchev–Trinajstić information content (AvgIpc) is 0.811. The van der Waals surface area contributed by atoms with Gasteiger partial charge in [0, 0.05) is 16.5 Å². The summed E-state index contributed by atoms with van der Waals surface area (Å²) in [6, 6.07) is 0. The third kappa shape index (κ3) is 1730. The molecule has 0 bridgehead atoms. The summed E-state index contributed by atoms with van der Waals surface area (Å²) in [4.78, 5) is 8.56. The van der Waals surface area contributed by atoms with E-state index in [-0.39, 0.29) is 39.3 Å². The van der Waals surface area contributed by atoms with Crippen molar-refractivity contribution in [2.24, 2.45) is 0 Å². The Morgan fingerprint density at radius 2 is 1.29 bits per heavy atom. The van der Waals surface area contributed by atoms with Crippen molar-refractivity contribution < 1.29 is 37.0 Å². The first kappa shape index (κ1) is 26.8. The van der Waals surface area contributed by atoms with E-state index in [0.717, 1.165) is 0 Å². The van der Waals surface area contributed by atoms with Crippen LogP contribution in [0.15, 0.2) is 0 Å². The Labute approximate surface area is 60.9 Å². The molecule has 0 rings (SSSR count). The summed E-state index contributed by atoms with van der Waals surface area (Å²) < 4.78 is 0. The molecule has 0 radical (unpaired) electrons. The maximum atomic E-state index is 8.56. The fourth-order valence-electron chi connectivity index (χ4n) is 0. The molecule has 0 saturated carbocycles. The molecule has 0 aromatic rings. The summed E-state index contributed by atoms with van der Waals surface area (Å²) in [6.07, 6.45) is -1.83. The van der Waals surface area contributed by atoms with E-state index in [4.69, 9.17) is 15.0 Å². The zero-order valence-corrected chi connectivity index (χ0v) is 3.61. The molecule has 0 unspecified atom stereocenters.